The van der Waals surface area contributed by atoms with Gasteiger partial charge in [0, 0.05) is 17.6 Å². The molecule has 1 rings (SSSR count). The first-order chi connectivity index (χ1) is 5.70. The number of halogens is 1. The zero-order valence-electron chi connectivity index (χ0n) is 7.22. The van der Waals surface area contributed by atoms with E-state index in [1.807, 2.05) is 0 Å². The first kappa shape index (κ1) is 10.0. The van der Waals surface area contributed by atoms with E-state index in [2.05, 4.69) is 11.9 Å². The first-order valence-electron chi connectivity index (χ1n) is 4.45. The first-order valence-corrected chi connectivity index (χ1v) is 4.82. The van der Waals surface area contributed by atoms with Crippen molar-refractivity contribution >= 4 is 11.6 Å². The molecule has 3 heteroatoms. The van der Waals surface area contributed by atoms with Crippen molar-refractivity contribution in [2.75, 3.05) is 6.54 Å². The summed E-state index contributed by atoms with van der Waals surface area (Å²) in [6.45, 7) is 4.19. The minimum atomic E-state index is -0.199. The molecule has 0 bridgehead atoms. The van der Waals surface area contributed by atoms with Crippen LogP contribution in [0.25, 0.3) is 0 Å². The van der Waals surface area contributed by atoms with Crippen LogP contribution in [0.2, 0.25) is 0 Å². The standard InChI is InChI=1S/C9H16ClNO/c1-7(10)6-11-8-4-2-3-5-9(8)12/h8-9,11-12H,1-6H2/t8-,9-/m0/s1. The van der Waals surface area contributed by atoms with Gasteiger partial charge in [-0.2, -0.15) is 0 Å². The average Bonchev–Trinajstić information content (AvgIpc) is 2.03. The van der Waals surface area contributed by atoms with E-state index in [4.69, 9.17) is 11.6 Å². The van der Waals surface area contributed by atoms with Crippen LogP contribution >= 0.6 is 11.6 Å². The summed E-state index contributed by atoms with van der Waals surface area (Å²) in [6, 6.07) is 0.217. The molecule has 0 aromatic carbocycles. The molecule has 0 saturated heterocycles. The van der Waals surface area contributed by atoms with Gasteiger partial charge < -0.3 is 10.4 Å². The second kappa shape index (κ2) is 4.85. The lowest BCUT2D eigenvalue weighted by molar-refractivity contribution is 0.0927. The van der Waals surface area contributed by atoms with Crippen LogP contribution < -0.4 is 5.32 Å². The summed E-state index contributed by atoms with van der Waals surface area (Å²) in [7, 11) is 0. The van der Waals surface area contributed by atoms with Gasteiger partial charge in [0.2, 0.25) is 0 Å². The third-order valence-electron chi connectivity index (χ3n) is 2.29. The molecule has 0 heterocycles. The van der Waals surface area contributed by atoms with E-state index in [9.17, 15) is 5.11 Å². The van der Waals surface area contributed by atoms with Crippen molar-refractivity contribution < 1.29 is 5.11 Å². The predicted molar refractivity (Wildman–Crippen MR) is 51.3 cm³/mol. The van der Waals surface area contributed by atoms with Gasteiger partial charge in [0.05, 0.1) is 6.10 Å². The number of hydrogen-bond acceptors (Lipinski definition) is 2. The highest BCUT2D eigenvalue weighted by Crippen LogP contribution is 2.18. The van der Waals surface area contributed by atoms with Crippen LogP contribution in [0.4, 0.5) is 0 Å². The Morgan fingerprint density at radius 3 is 2.75 bits per heavy atom. The Morgan fingerprint density at radius 1 is 1.50 bits per heavy atom. The molecule has 0 spiro atoms. The Morgan fingerprint density at radius 2 is 2.17 bits per heavy atom. The summed E-state index contributed by atoms with van der Waals surface area (Å²) >= 11 is 5.61. The molecular weight excluding hydrogens is 174 g/mol. The summed E-state index contributed by atoms with van der Waals surface area (Å²) in [5.74, 6) is 0. The fourth-order valence-corrected chi connectivity index (χ4v) is 1.67. The molecule has 70 valence electrons. The monoisotopic (exact) mass is 189 g/mol. The van der Waals surface area contributed by atoms with E-state index in [-0.39, 0.29) is 12.1 Å². The van der Waals surface area contributed by atoms with E-state index >= 15 is 0 Å². The molecule has 0 amide bonds. The summed E-state index contributed by atoms with van der Waals surface area (Å²) in [4.78, 5) is 0. The molecule has 1 saturated carbocycles. The van der Waals surface area contributed by atoms with E-state index in [1.165, 1.54) is 6.42 Å². The predicted octanol–water partition coefficient (Wildman–Crippen LogP) is 1.63. The molecule has 2 nitrogen and oxygen atoms in total. The van der Waals surface area contributed by atoms with Crippen LogP contribution in [0.1, 0.15) is 25.7 Å². The van der Waals surface area contributed by atoms with Gasteiger partial charge in [0.1, 0.15) is 0 Å². The molecule has 0 unspecified atom stereocenters. The van der Waals surface area contributed by atoms with Gasteiger partial charge in [0.15, 0.2) is 0 Å². The fraction of sp³-hybridized carbons (Fsp3) is 0.778. The molecule has 1 aliphatic carbocycles. The molecule has 2 N–H and O–H groups in total. The minimum Gasteiger partial charge on any atom is -0.392 e. The maximum absolute atomic E-state index is 9.55. The molecular formula is C9H16ClNO. The maximum Gasteiger partial charge on any atom is 0.0693 e. The van der Waals surface area contributed by atoms with Crippen molar-refractivity contribution in [1.82, 2.24) is 5.32 Å². The van der Waals surface area contributed by atoms with Crippen LogP contribution in [0, 0.1) is 0 Å². The van der Waals surface area contributed by atoms with Gasteiger partial charge in [-0.1, -0.05) is 31.0 Å². The zero-order valence-corrected chi connectivity index (χ0v) is 7.98. The van der Waals surface area contributed by atoms with Crippen molar-refractivity contribution in [3.8, 4) is 0 Å². The van der Waals surface area contributed by atoms with E-state index < -0.39 is 0 Å². The van der Waals surface area contributed by atoms with Crippen LogP contribution in [0.3, 0.4) is 0 Å². The normalized spacial score (nSPS) is 30.2. The second-order valence-corrected chi connectivity index (χ2v) is 3.89. The molecule has 0 aromatic heterocycles. The SMILES string of the molecule is C=C(Cl)CN[C@H]1CCCC[C@@H]1O. The molecule has 0 aliphatic heterocycles. The molecule has 0 radical (unpaired) electrons. The number of hydrogen-bond donors (Lipinski definition) is 2. The van der Waals surface area contributed by atoms with Gasteiger partial charge >= 0.3 is 0 Å². The number of nitrogens with one attached hydrogen (secondary N) is 1. The highest BCUT2D eigenvalue weighted by atomic mass is 35.5. The topological polar surface area (TPSA) is 32.3 Å². The largest absolute Gasteiger partial charge is 0.392 e. The molecule has 12 heavy (non-hydrogen) atoms. The Balaban J connectivity index is 2.24. The van der Waals surface area contributed by atoms with Crippen LogP contribution in [-0.4, -0.2) is 23.8 Å². The Hall–Kier alpha value is -0.0500. The van der Waals surface area contributed by atoms with E-state index in [1.54, 1.807) is 0 Å². The third-order valence-corrected chi connectivity index (χ3v) is 2.42. The van der Waals surface area contributed by atoms with Crippen LogP contribution in [0.15, 0.2) is 11.6 Å². The smallest absolute Gasteiger partial charge is 0.0693 e. The van der Waals surface area contributed by atoms with Gasteiger partial charge in [-0.15, -0.1) is 0 Å². The van der Waals surface area contributed by atoms with Gasteiger partial charge in [-0.3, -0.25) is 0 Å². The summed E-state index contributed by atoms with van der Waals surface area (Å²) in [5, 5.41) is 13.3. The minimum absolute atomic E-state index is 0.199. The van der Waals surface area contributed by atoms with E-state index in [0.717, 1.165) is 19.3 Å². The van der Waals surface area contributed by atoms with Crippen molar-refractivity contribution in [1.29, 1.82) is 0 Å². The van der Waals surface area contributed by atoms with Crippen molar-refractivity contribution in [2.45, 2.75) is 37.8 Å². The average molecular weight is 190 g/mol. The van der Waals surface area contributed by atoms with Gasteiger partial charge in [-0.25, -0.2) is 0 Å². The summed E-state index contributed by atoms with van der Waals surface area (Å²) < 4.78 is 0. The number of aliphatic hydroxyl groups excluding tert-OH is 1. The Labute approximate surface area is 78.6 Å². The number of aliphatic hydroxyl groups is 1. The summed E-state index contributed by atoms with van der Waals surface area (Å²) in [5.41, 5.74) is 0. The fourth-order valence-electron chi connectivity index (χ4n) is 1.59. The van der Waals surface area contributed by atoms with E-state index in [0.29, 0.717) is 11.6 Å². The quantitative estimate of drug-likeness (QED) is 0.708. The van der Waals surface area contributed by atoms with Crippen molar-refractivity contribution in [2.24, 2.45) is 0 Å². The Kier molecular flexibility index (Phi) is 4.06. The highest BCUT2D eigenvalue weighted by molar-refractivity contribution is 6.29. The zero-order chi connectivity index (χ0) is 8.97. The maximum atomic E-state index is 9.55. The van der Waals surface area contributed by atoms with Gasteiger partial charge in [0.25, 0.3) is 0 Å². The summed E-state index contributed by atoms with van der Waals surface area (Å²) in [6.07, 6.45) is 4.09. The van der Waals surface area contributed by atoms with Crippen molar-refractivity contribution in [3.05, 3.63) is 11.6 Å². The van der Waals surface area contributed by atoms with Crippen molar-refractivity contribution in [3.63, 3.8) is 0 Å². The second-order valence-electron chi connectivity index (χ2n) is 3.36. The van der Waals surface area contributed by atoms with Gasteiger partial charge in [-0.05, 0) is 12.8 Å². The number of rotatable bonds is 3. The third kappa shape index (κ3) is 3.13. The Bertz CT molecular complexity index is 161. The molecule has 1 aliphatic rings. The lowest BCUT2D eigenvalue weighted by atomic mass is 9.93. The molecule has 0 aromatic rings. The van der Waals surface area contributed by atoms with Crippen LogP contribution in [0.5, 0.6) is 0 Å². The highest BCUT2D eigenvalue weighted by Gasteiger charge is 2.21. The lowest BCUT2D eigenvalue weighted by Gasteiger charge is -2.28. The van der Waals surface area contributed by atoms with Crippen LogP contribution in [-0.2, 0) is 0 Å². The molecule has 1 fully saturated rings. The lowest BCUT2D eigenvalue weighted by Crippen LogP contribution is -2.42. The molecule has 2 atom stereocenters.